The summed E-state index contributed by atoms with van der Waals surface area (Å²) in [6.45, 7) is 14.4. The van der Waals surface area contributed by atoms with Crippen LogP contribution >= 0.6 is 0 Å². The van der Waals surface area contributed by atoms with Crippen LogP contribution in [0.2, 0.25) is 0 Å². The Kier molecular flexibility index (Phi) is 9.70. The van der Waals surface area contributed by atoms with Crippen molar-refractivity contribution in [2.75, 3.05) is 46.9 Å². The van der Waals surface area contributed by atoms with Crippen molar-refractivity contribution in [2.45, 2.75) is 40.5 Å². The second-order valence-corrected chi connectivity index (χ2v) is 6.32. The normalized spacial score (nSPS) is 15.3. The molecular formula is C15H34N2O. The second-order valence-electron chi connectivity index (χ2n) is 6.32. The highest BCUT2D eigenvalue weighted by molar-refractivity contribution is 4.80. The first-order valence-corrected chi connectivity index (χ1v) is 7.31. The number of rotatable bonds is 11. The molecule has 0 saturated carbocycles. The third-order valence-corrected chi connectivity index (χ3v) is 3.29. The molecule has 3 heteroatoms. The van der Waals surface area contributed by atoms with Gasteiger partial charge in [0.2, 0.25) is 0 Å². The van der Waals surface area contributed by atoms with Crippen LogP contribution < -0.4 is 5.32 Å². The summed E-state index contributed by atoms with van der Waals surface area (Å²) >= 11 is 0. The molecular weight excluding hydrogens is 224 g/mol. The van der Waals surface area contributed by atoms with Crippen LogP contribution in [-0.4, -0.2) is 51.8 Å². The molecule has 0 aliphatic carbocycles. The van der Waals surface area contributed by atoms with Crippen LogP contribution in [-0.2, 0) is 4.74 Å². The van der Waals surface area contributed by atoms with Crippen molar-refractivity contribution in [1.29, 1.82) is 0 Å². The number of methoxy groups -OCH3 is 1. The average Bonchev–Trinajstić information content (AvgIpc) is 2.25. The molecule has 0 aromatic heterocycles. The van der Waals surface area contributed by atoms with Crippen molar-refractivity contribution in [3.63, 3.8) is 0 Å². The van der Waals surface area contributed by atoms with Gasteiger partial charge < -0.3 is 15.0 Å². The van der Waals surface area contributed by atoms with E-state index in [1.165, 1.54) is 12.8 Å². The minimum Gasteiger partial charge on any atom is -0.383 e. The van der Waals surface area contributed by atoms with Crippen LogP contribution in [0.5, 0.6) is 0 Å². The van der Waals surface area contributed by atoms with Crippen molar-refractivity contribution >= 4 is 0 Å². The summed E-state index contributed by atoms with van der Waals surface area (Å²) in [6.07, 6.45) is 2.52. The van der Waals surface area contributed by atoms with E-state index in [0.29, 0.717) is 5.41 Å². The van der Waals surface area contributed by atoms with Crippen LogP contribution in [0.1, 0.15) is 40.5 Å². The Bertz CT molecular complexity index is 197. The number of hydrogen-bond donors (Lipinski definition) is 1. The number of nitrogens with zero attached hydrogens (tertiary/aromatic N) is 1. The van der Waals surface area contributed by atoms with Gasteiger partial charge in [0.1, 0.15) is 0 Å². The topological polar surface area (TPSA) is 24.5 Å². The zero-order valence-electron chi connectivity index (χ0n) is 13.4. The quantitative estimate of drug-likeness (QED) is 0.616. The van der Waals surface area contributed by atoms with Crippen LogP contribution in [0.4, 0.5) is 0 Å². The lowest BCUT2D eigenvalue weighted by atomic mass is 9.84. The van der Waals surface area contributed by atoms with Gasteiger partial charge in [-0.3, -0.25) is 0 Å². The molecule has 0 heterocycles. The van der Waals surface area contributed by atoms with Crippen LogP contribution in [0.25, 0.3) is 0 Å². The van der Waals surface area contributed by atoms with Crippen molar-refractivity contribution in [2.24, 2.45) is 11.3 Å². The molecule has 0 rings (SSSR count). The molecule has 1 N–H and O–H groups in total. The highest BCUT2D eigenvalue weighted by Crippen LogP contribution is 2.23. The molecule has 0 aromatic carbocycles. The predicted molar refractivity (Wildman–Crippen MR) is 80.1 cm³/mol. The van der Waals surface area contributed by atoms with E-state index in [1.54, 1.807) is 7.11 Å². The Balaban J connectivity index is 4.14. The summed E-state index contributed by atoms with van der Waals surface area (Å²) in [7, 11) is 3.96. The number of hydrogen-bond acceptors (Lipinski definition) is 3. The first kappa shape index (κ1) is 17.9. The summed E-state index contributed by atoms with van der Waals surface area (Å²) in [5, 5.41) is 3.61. The molecule has 3 nitrogen and oxygen atoms in total. The van der Waals surface area contributed by atoms with Gasteiger partial charge in [0.25, 0.3) is 0 Å². The Morgan fingerprint density at radius 1 is 1.33 bits per heavy atom. The number of likely N-dealkylation sites (N-methyl/N-ethyl adjacent to an activating group) is 1. The van der Waals surface area contributed by atoms with Gasteiger partial charge in [-0.25, -0.2) is 0 Å². The maximum atomic E-state index is 5.14. The minimum atomic E-state index is 0.367. The summed E-state index contributed by atoms with van der Waals surface area (Å²) in [4.78, 5) is 2.39. The lowest BCUT2D eigenvalue weighted by Crippen LogP contribution is -2.42. The molecule has 110 valence electrons. The minimum absolute atomic E-state index is 0.367. The monoisotopic (exact) mass is 258 g/mol. The summed E-state index contributed by atoms with van der Waals surface area (Å²) < 4.78 is 5.14. The van der Waals surface area contributed by atoms with Gasteiger partial charge in [0.05, 0.1) is 6.61 Å². The van der Waals surface area contributed by atoms with Gasteiger partial charge in [-0.15, -0.1) is 0 Å². The van der Waals surface area contributed by atoms with E-state index in [1.807, 2.05) is 0 Å². The Morgan fingerprint density at radius 3 is 2.50 bits per heavy atom. The molecule has 0 aromatic rings. The first-order chi connectivity index (χ1) is 8.43. The lowest BCUT2D eigenvalue weighted by Gasteiger charge is -2.34. The molecule has 18 heavy (non-hydrogen) atoms. The van der Waals surface area contributed by atoms with Gasteiger partial charge in [-0.1, -0.05) is 34.1 Å². The van der Waals surface area contributed by atoms with E-state index < -0.39 is 0 Å². The molecule has 0 aliphatic rings. The molecule has 1 atom stereocenters. The molecule has 0 radical (unpaired) electrons. The average molecular weight is 258 g/mol. The van der Waals surface area contributed by atoms with E-state index in [-0.39, 0.29) is 0 Å². The smallest absolute Gasteiger partial charge is 0.0589 e. The van der Waals surface area contributed by atoms with E-state index >= 15 is 0 Å². The third kappa shape index (κ3) is 8.90. The van der Waals surface area contributed by atoms with Gasteiger partial charge >= 0.3 is 0 Å². The van der Waals surface area contributed by atoms with Crippen molar-refractivity contribution < 1.29 is 4.74 Å². The van der Waals surface area contributed by atoms with Crippen LogP contribution in [0.3, 0.4) is 0 Å². The molecule has 0 spiro atoms. The molecule has 0 aliphatic heterocycles. The Hall–Kier alpha value is -0.120. The number of ether oxygens (including phenoxy) is 1. The fraction of sp³-hybridized carbons (Fsp3) is 1.00. The fourth-order valence-corrected chi connectivity index (χ4v) is 2.47. The highest BCUT2D eigenvalue weighted by Gasteiger charge is 2.24. The molecule has 0 fully saturated rings. The zero-order valence-corrected chi connectivity index (χ0v) is 13.4. The van der Waals surface area contributed by atoms with Crippen molar-refractivity contribution in [1.82, 2.24) is 10.2 Å². The molecule has 0 saturated heterocycles. The first-order valence-electron chi connectivity index (χ1n) is 7.31. The van der Waals surface area contributed by atoms with E-state index in [9.17, 15) is 0 Å². The van der Waals surface area contributed by atoms with E-state index in [4.69, 9.17) is 4.74 Å². The fourth-order valence-electron chi connectivity index (χ4n) is 2.47. The van der Waals surface area contributed by atoms with Gasteiger partial charge in [0.15, 0.2) is 0 Å². The zero-order chi connectivity index (χ0) is 14.0. The van der Waals surface area contributed by atoms with Gasteiger partial charge in [0, 0.05) is 26.7 Å². The predicted octanol–water partition coefficient (Wildman–Crippen LogP) is 2.62. The Labute approximate surface area is 114 Å². The van der Waals surface area contributed by atoms with Gasteiger partial charge in [-0.2, -0.15) is 0 Å². The molecule has 0 amide bonds. The summed E-state index contributed by atoms with van der Waals surface area (Å²) in [5.74, 6) is 0.724. The molecule has 0 bridgehead atoms. The summed E-state index contributed by atoms with van der Waals surface area (Å²) in [6, 6.07) is 0. The van der Waals surface area contributed by atoms with Gasteiger partial charge in [-0.05, 0) is 31.3 Å². The van der Waals surface area contributed by atoms with Crippen LogP contribution in [0.15, 0.2) is 0 Å². The maximum absolute atomic E-state index is 5.14. The summed E-state index contributed by atoms with van der Waals surface area (Å²) in [5.41, 5.74) is 0.367. The number of nitrogens with one attached hydrogen (secondary N) is 1. The Morgan fingerprint density at radius 2 is 2.00 bits per heavy atom. The van der Waals surface area contributed by atoms with Crippen LogP contribution in [0, 0.1) is 11.3 Å². The van der Waals surface area contributed by atoms with E-state index in [2.05, 4.69) is 45.0 Å². The standard InChI is InChI=1S/C15H34N2O/c1-7-8-15(4,12-16-11-14(2)3)13-17(5)9-10-18-6/h14,16H,7-13H2,1-6H3. The third-order valence-electron chi connectivity index (χ3n) is 3.29. The van der Waals surface area contributed by atoms with E-state index in [0.717, 1.165) is 38.7 Å². The second kappa shape index (κ2) is 9.76. The largest absolute Gasteiger partial charge is 0.383 e. The highest BCUT2D eigenvalue weighted by atomic mass is 16.5. The maximum Gasteiger partial charge on any atom is 0.0589 e. The molecule has 1 unspecified atom stereocenters. The SMILES string of the molecule is CCCC(C)(CNCC(C)C)CN(C)CCOC. The van der Waals surface area contributed by atoms with Crippen molar-refractivity contribution in [3.8, 4) is 0 Å². The lowest BCUT2D eigenvalue weighted by molar-refractivity contribution is 0.123. The van der Waals surface area contributed by atoms with Crippen molar-refractivity contribution in [3.05, 3.63) is 0 Å².